The molecular weight excluding hydrogens is 208 g/mol. The van der Waals surface area contributed by atoms with E-state index in [2.05, 4.69) is 0 Å². The van der Waals surface area contributed by atoms with E-state index in [1.54, 1.807) is 12.1 Å². The Morgan fingerprint density at radius 2 is 1.25 bits per heavy atom. The number of rotatable bonds is 0. The van der Waals surface area contributed by atoms with Gasteiger partial charge in [0.25, 0.3) is 0 Å². The van der Waals surface area contributed by atoms with Gasteiger partial charge in [-0.1, -0.05) is 0 Å². The molecule has 16 heavy (non-hydrogen) atoms. The number of carbonyl (C=O) groups excluding carboxylic acids is 2. The van der Waals surface area contributed by atoms with Crippen LogP contribution in [0, 0.1) is 0 Å². The molecule has 2 bridgehead atoms. The standard InChI is InChI=1S/C12H10O4/c13-11-9-3-4-10(8-2-1-7(8)9)12(14)16-6-5-15-11/h3-4H,1-2,5-6H2. The van der Waals surface area contributed by atoms with E-state index in [0.29, 0.717) is 11.1 Å². The number of cyclic esters (lactones) is 2. The van der Waals surface area contributed by atoms with Gasteiger partial charge in [-0.25, -0.2) is 9.59 Å². The van der Waals surface area contributed by atoms with E-state index >= 15 is 0 Å². The zero-order valence-electron chi connectivity index (χ0n) is 8.62. The molecule has 0 radical (unpaired) electrons. The number of fused-ring (bicyclic) bond motifs is 6. The number of carbonyl (C=O) groups is 2. The van der Waals surface area contributed by atoms with Crippen LogP contribution < -0.4 is 0 Å². The lowest BCUT2D eigenvalue weighted by molar-refractivity contribution is 0.0256. The Labute approximate surface area is 92.2 Å². The summed E-state index contributed by atoms with van der Waals surface area (Å²) in [4.78, 5) is 23.3. The predicted octanol–water partition coefficient (Wildman–Crippen LogP) is 1.11. The van der Waals surface area contributed by atoms with Crippen LogP contribution in [-0.4, -0.2) is 25.2 Å². The van der Waals surface area contributed by atoms with Gasteiger partial charge in [0.05, 0.1) is 11.1 Å². The van der Waals surface area contributed by atoms with Gasteiger partial charge < -0.3 is 9.47 Å². The SMILES string of the molecule is O=C1OCCOC(=O)c2ccc1c1c2CC1. The third kappa shape index (κ3) is 1.23. The number of hydrogen-bond acceptors (Lipinski definition) is 4. The van der Waals surface area contributed by atoms with Crippen LogP contribution in [0.1, 0.15) is 31.8 Å². The van der Waals surface area contributed by atoms with Gasteiger partial charge >= 0.3 is 11.9 Å². The maximum absolute atomic E-state index is 11.7. The first-order chi connectivity index (χ1) is 7.77. The maximum atomic E-state index is 11.7. The van der Waals surface area contributed by atoms with Crippen molar-refractivity contribution in [3.63, 3.8) is 0 Å². The summed E-state index contributed by atoms with van der Waals surface area (Å²) < 4.78 is 10.00. The lowest BCUT2D eigenvalue weighted by atomic mass is 9.81. The largest absolute Gasteiger partial charge is 0.458 e. The molecule has 0 spiro atoms. The van der Waals surface area contributed by atoms with Crippen LogP contribution in [0.3, 0.4) is 0 Å². The van der Waals surface area contributed by atoms with Crippen molar-refractivity contribution >= 4 is 11.9 Å². The van der Waals surface area contributed by atoms with Gasteiger partial charge in [0.2, 0.25) is 0 Å². The molecular formula is C12H10O4. The molecule has 1 aromatic carbocycles. The topological polar surface area (TPSA) is 52.6 Å². The first-order valence-corrected chi connectivity index (χ1v) is 5.26. The highest BCUT2D eigenvalue weighted by Crippen LogP contribution is 2.31. The molecule has 0 saturated heterocycles. The van der Waals surface area contributed by atoms with Crippen molar-refractivity contribution in [2.45, 2.75) is 12.8 Å². The highest BCUT2D eigenvalue weighted by Gasteiger charge is 2.28. The van der Waals surface area contributed by atoms with Crippen LogP contribution >= 0.6 is 0 Å². The van der Waals surface area contributed by atoms with Gasteiger partial charge in [0, 0.05) is 0 Å². The number of benzene rings is 1. The molecule has 1 aliphatic heterocycles. The minimum Gasteiger partial charge on any atom is -0.458 e. The van der Waals surface area contributed by atoms with Crippen molar-refractivity contribution in [2.24, 2.45) is 0 Å². The highest BCUT2D eigenvalue weighted by atomic mass is 16.6. The lowest BCUT2D eigenvalue weighted by Crippen LogP contribution is -2.25. The summed E-state index contributed by atoms with van der Waals surface area (Å²) in [7, 11) is 0. The Morgan fingerprint density at radius 3 is 1.62 bits per heavy atom. The molecule has 1 aliphatic carbocycles. The second-order valence-electron chi connectivity index (χ2n) is 3.89. The molecule has 0 fully saturated rings. The summed E-state index contributed by atoms with van der Waals surface area (Å²) in [6.45, 7) is 0.246. The predicted molar refractivity (Wildman–Crippen MR) is 54.4 cm³/mol. The first kappa shape index (κ1) is 9.39. The smallest absolute Gasteiger partial charge is 0.338 e. The van der Waals surface area contributed by atoms with Crippen LogP contribution in [0.4, 0.5) is 0 Å². The average molecular weight is 218 g/mol. The molecule has 4 heteroatoms. The summed E-state index contributed by atoms with van der Waals surface area (Å²) in [5.74, 6) is -0.638. The molecule has 1 aromatic rings. The fourth-order valence-corrected chi connectivity index (χ4v) is 2.14. The van der Waals surface area contributed by atoms with Gasteiger partial charge in [0.15, 0.2) is 0 Å². The molecule has 3 rings (SSSR count). The summed E-state index contributed by atoms with van der Waals surface area (Å²) in [6.07, 6.45) is 1.67. The van der Waals surface area contributed by atoms with Crippen LogP contribution in [-0.2, 0) is 22.3 Å². The van der Waals surface area contributed by atoms with Gasteiger partial charge in [-0.3, -0.25) is 0 Å². The fourth-order valence-electron chi connectivity index (χ4n) is 2.14. The Balaban J connectivity index is 2.17. The van der Waals surface area contributed by atoms with E-state index in [9.17, 15) is 9.59 Å². The average Bonchev–Trinajstić information content (AvgIpc) is 2.23. The van der Waals surface area contributed by atoms with Gasteiger partial charge in [0.1, 0.15) is 13.2 Å². The van der Waals surface area contributed by atoms with Gasteiger partial charge in [-0.15, -0.1) is 0 Å². The quantitative estimate of drug-likeness (QED) is 0.612. The van der Waals surface area contributed by atoms with E-state index in [-0.39, 0.29) is 25.2 Å². The van der Waals surface area contributed by atoms with Crippen molar-refractivity contribution in [1.82, 2.24) is 0 Å². The minimum atomic E-state index is -0.319. The third-order valence-corrected chi connectivity index (χ3v) is 3.05. The zero-order chi connectivity index (χ0) is 11.1. The number of ether oxygens (including phenoxy) is 2. The number of hydrogen-bond donors (Lipinski definition) is 0. The van der Waals surface area contributed by atoms with Crippen molar-refractivity contribution in [3.8, 4) is 0 Å². The second-order valence-corrected chi connectivity index (χ2v) is 3.89. The van der Waals surface area contributed by atoms with Crippen molar-refractivity contribution in [1.29, 1.82) is 0 Å². The number of esters is 2. The Kier molecular flexibility index (Phi) is 1.96. The zero-order valence-corrected chi connectivity index (χ0v) is 8.62. The molecule has 2 aliphatic rings. The van der Waals surface area contributed by atoms with E-state index in [1.165, 1.54) is 0 Å². The van der Waals surface area contributed by atoms with Crippen molar-refractivity contribution < 1.29 is 19.1 Å². The minimum absolute atomic E-state index is 0.123. The highest BCUT2D eigenvalue weighted by molar-refractivity contribution is 5.97. The monoisotopic (exact) mass is 218 g/mol. The summed E-state index contributed by atoms with van der Waals surface area (Å²) in [5.41, 5.74) is 3.09. The molecule has 82 valence electrons. The molecule has 0 saturated carbocycles. The third-order valence-electron chi connectivity index (χ3n) is 3.05. The summed E-state index contributed by atoms with van der Waals surface area (Å²) >= 11 is 0. The van der Waals surface area contributed by atoms with Crippen LogP contribution in [0.25, 0.3) is 0 Å². The molecule has 0 atom stereocenters. The molecule has 0 amide bonds. The van der Waals surface area contributed by atoms with Crippen molar-refractivity contribution in [3.05, 3.63) is 34.4 Å². The first-order valence-electron chi connectivity index (χ1n) is 5.26. The maximum Gasteiger partial charge on any atom is 0.338 e. The normalized spacial score (nSPS) is 18.2. The molecule has 0 N–H and O–H groups in total. The van der Waals surface area contributed by atoms with Crippen LogP contribution in [0.15, 0.2) is 12.1 Å². The van der Waals surface area contributed by atoms with Crippen LogP contribution in [0.2, 0.25) is 0 Å². The molecule has 1 heterocycles. The second kappa shape index (κ2) is 3.33. The molecule has 4 nitrogen and oxygen atoms in total. The summed E-state index contributed by atoms with van der Waals surface area (Å²) in [6, 6.07) is 3.31. The van der Waals surface area contributed by atoms with E-state index in [0.717, 1.165) is 24.0 Å². The van der Waals surface area contributed by atoms with Gasteiger partial charge in [-0.05, 0) is 36.1 Å². The lowest BCUT2D eigenvalue weighted by Gasteiger charge is -2.25. The Morgan fingerprint density at radius 1 is 0.812 bits per heavy atom. The fraction of sp³-hybridized carbons (Fsp3) is 0.333. The Hall–Kier alpha value is -1.84. The molecule has 0 unspecified atom stereocenters. The van der Waals surface area contributed by atoms with E-state index < -0.39 is 0 Å². The summed E-state index contributed by atoms with van der Waals surface area (Å²) in [5, 5.41) is 0. The molecule has 0 aromatic heterocycles. The van der Waals surface area contributed by atoms with E-state index in [1.807, 2.05) is 0 Å². The van der Waals surface area contributed by atoms with Crippen molar-refractivity contribution in [2.75, 3.05) is 13.2 Å². The van der Waals surface area contributed by atoms with Gasteiger partial charge in [-0.2, -0.15) is 0 Å². The van der Waals surface area contributed by atoms with Crippen LogP contribution in [0.5, 0.6) is 0 Å². The van der Waals surface area contributed by atoms with E-state index in [4.69, 9.17) is 9.47 Å². The Bertz CT molecular complexity index is 445.